The zero-order chi connectivity index (χ0) is 13.8. The Morgan fingerprint density at radius 1 is 1.21 bits per heavy atom. The molecule has 106 valence electrons. The highest BCUT2D eigenvalue weighted by atomic mass is 19.2. The maximum absolute atomic E-state index is 13.1. The Balaban J connectivity index is 1.86. The number of hydrogen-bond acceptors (Lipinski definition) is 1. The minimum atomic E-state index is -0.777. The second kappa shape index (κ2) is 6.47. The van der Waals surface area contributed by atoms with Crippen LogP contribution < -0.4 is 5.32 Å². The molecule has 2 atom stereocenters. The molecule has 3 heteroatoms. The summed E-state index contributed by atoms with van der Waals surface area (Å²) in [4.78, 5) is 0. The number of hydrogen-bond donors (Lipinski definition) is 1. The van der Waals surface area contributed by atoms with Crippen molar-refractivity contribution in [1.29, 1.82) is 0 Å². The normalized spacial score (nSPS) is 23.8. The molecule has 1 aliphatic carbocycles. The molecule has 1 aromatic carbocycles. The van der Waals surface area contributed by atoms with E-state index in [1.807, 2.05) is 0 Å². The van der Waals surface area contributed by atoms with Crippen LogP contribution in [0.25, 0.3) is 0 Å². The lowest BCUT2D eigenvalue weighted by Crippen LogP contribution is -2.35. The van der Waals surface area contributed by atoms with Crippen molar-refractivity contribution in [2.24, 2.45) is 11.8 Å². The number of halogens is 2. The van der Waals surface area contributed by atoms with Crippen LogP contribution in [-0.4, -0.2) is 6.04 Å². The molecule has 2 unspecified atom stereocenters. The summed E-state index contributed by atoms with van der Waals surface area (Å²) >= 11 is 0. The van der Waals surface area contributed by atoms with Crippen molar-refractivity contribution in [3.05, 3.63) is 35.4 Å². The van der Waals surface area contributed by atoms with Crippen LogP contribution in [0.4, 0.5) is 8.78 Å². The molecule has 0 aliphatic heterocycles. The minimum Gasteiger partial charge on any atom is -0.310 e. The molecule has 0 saturated heterocycles. The van der Waals surface area contributed by atoms with Crippen LogP contribution in [-0.2, 0) is 6.54 Å². The molecule has 1 fully saturated rings. The van der Waals surface area contributed by atoms with Crippen LogP contribution >= 0.6 is 0 Å². The molecule has 0 bridgehead atoms. The zero-order valence-electron chi connectivity index (χ0n) is 11.8. The van der Waals surface area contributed by atoms with E-state index in [4.69, 9.17) is 0 Å². The van der Waals surface area contributed by atoms with E-state index in [1.54, 1.807) is 6.07 Å². The Labute approximate surface area is 114 Å². The van der Waals surface area contributed by atoms with Gasteiger partial charge in [-0.2, -0.15) is 0 Å². The van der Waals surface area contributed by atoms with Gasteiger partial charge in [0.1, 0.15) is 0 Å². The van der Waals surface area contributed by atoms with Crippen molar-refractivity contribution < 1.29 is 8.78 Å². The molecule has 19 heavy (non-hydrogen) atoms. The van der Waals surface area contributed by atoms with Crippen LogP contribution in [0, 0.1) is 23.5 Å². The Morgan fingerprint density at radius 3 is 2.68 bits per heavy atom. The van der Waals surface area contributed by atoms with Crippen LogP contribution in [0.2, 0.25) is 0 Å². The average Bonchev–Trinajstić information content (AvgIpc) is 2.40. The fourth-order valence-corrected chi connectivity index (χ4v) is 2.93. The Morgan fingerprint density at radius 2 is 2.00 bits per heavy atom. The van der Waals surface area contributed by atoms with E-state index < -0.39 is 11.6 Å². The van der Waals surface area contributed by atoms with Gasteiger partial charge in [-0.25, -0.2) is 8.78 Å². The Hall–Kier alpha value is -0.960. The van der Waals surface area contributed by atoms with Gasteiger partial charge in [-0.3, -0.25) is 0 Å². The quantitative estimate of drug-likeness (QED) is 0.859. The van der Waals surface area contributed by atoms with Crippen molar-refractivity contribution >= 4 is 0 Å². The molecule has 2 rings (SSSR count). The third-order valence-corrected chi connectivity index (χ3v) is 4.24. The molecule has 0 spiro atoms. The van der Waals surface area contributed by atoms with Crippen LogP contribution in [0.3, 0.4) is 0 Å². The van der Waals surface area contributed by atoms with Crippen molar-refractivity contribution in [2.45, 2.75) is 52.1 Å². The first-order valence-electron chi connectivity index (χ1n) is 7.23. The van der Waals surface area contributed by atoms with Crippen LogP contribution in [0.15, 0.2) is 18.2 Å². The highest BCUT2D eigenvalue weighted by molar-refractivity contribution is 5.17. The summed E-state index contributed by atoms with van der Waals surface area (Å²) in [5.41, 5.74) is 0.811. The third kappa shape index (κ3) is 4.00. The van der Waals surface area contributed by atoms with Crippen molar-refractivity contribution in [2.75, 3.05) is 0 Å². The summed E-state index contributed by atoms with van der Waals surface area (Å²) in [6.07, 6.45) is 4.97. The predicted octanol–water partition coefficient (Wildman–Crippen LogP) is 4.27. The maximum atomic E-state index is 13.1. The third-order valence-electron chi connectivity index (χ3n) is 4.24. The largest absolute Gasteiger partial charge is 0.310 e. The second-order valence-corrected chi connectivity index (χ2v) is 6.00. The van der Waals surface area contributed by atoms with Crippen molar-refractivity contribution in [3.63, 3.8) is 0 Å². The summed E-state index contributed by atoms with van der Waals surface area (Å²) < 4.78 is 25.9. The topological polar surface area (TPSA) is 12.0 Å². The average molecular weight is 267 g/mol. The SMILES string of the molecule is CC(C)C1CCCC(NCc2ccc(F)c(F)c2)C1. The highest BCUT2D eigenvalue weighted by Gasteiger charge is 2.23. The smallest absolute Gasteiger partial charge is 0.159 e. The van der Waals surface area contributed by atoms with Gasteiger partial charge < -0.3 is 5.32 Å². The maximum Gasteiger partial charge on any atom is 0.159 e. The van der Waals surface area contributed by atoms with Gasteiger partial charge in [-0.15, -0.1) is 0 Å². The van der Waals surface area contributed by atoms with Gasteiger partial charge in [0.15, 0.2) is 11.6 Å². The van der Waals surface area contributed by atoms with E-state index in [1.165, 1.54) is 37.8 Å². The molecule has 1 aromatic rings. The number of rotatable bonds is 4. The fourth-order valence-electron chi connectivity index (χ4n) is 2.93. The summed E-state index contributed by atoms with van der Waals surface area (Å²) in [7, 11) is 0. The molecule has 0 heterocycles. The molecule has 0 amide bonds. The molecule has 1 saturated carbocycles. The summed E-state index contributed by atoms with van der Waals surface area (Å²) in [6.45, 7) is 5.18. The lowest BCUT2D eigenvalue weighted by atomic mass is 9.79. The molecule has 1 nitrogen and oxygen atoms in total. The lowest BCUT2D eigenvalue weighted by Gasteiger charge is -2.32. The first-order valence-corrected chi connectivity index (χ1v) is 7.23. The van der Waals surface area contributed by atoms with Crippen molar-refractivity contribution in [1.82, 2.24) is 5.32 Å². The minimum absolute atomic E-state index is 0.509. The van der Waals surface area contributed by atoms with E-state index in [0.717, 1.165) is 17.4 Å². The summed E-state index contributed by atoms with van der Waals surface area (Å²) in [6, 6.07) is 4.64. The fraction of sp³-hybridized carbons (Fsp3) is 0.625. The van der Waals surface area contributed by atoms with E-state index in [-0.39, 0.29) is 0 Å². The van der Waals surface area contributed by atoms with Gasteiger partial charge in [-0.05, 0) is 42.4 Å². The van der Waals surface area contributed by atoms with Gasteiger partial charge >= 0.3 is 0 Å². The molecular formula is C16H23F2N. The number of benzene rings is 1. The molecule has 1 aliphatic rings. The Kier molecular flexibility index (Phi) is 4.92. The van der Waals surface area contributed by atoms with E-state index >= 15 is 0 Å². The standard InChI is InChI=1S/C16H23F2N/c1-11(2)13-4-3-5-14(9-13)19-10-12-6-7-15(17)16(18)8-12/h6-8,11,13-14,19H,3-5,9-10H2,1-2H3. The van der Waals surface area contributed by atoms with E-state index in [9.17, 15) is 8.78 Å². The van der Waals surface area contributed by atoms with Crippen LogP contribution in [0.1, 0.15) is 45.1 Å². The number of nitrogens with one attached hydrogen (secondary N) is 1. The zero-order valence-corrected chi connectivity index (χ0v) is 11.8. The van der Waals surface area contributed by atoms with Gasteiger partial charge in [0.2, 0.25) is 0 Å². The van der Waals surface area contributed by atoms with Crippen molar-refractivity contribution in [3.8, 4) is 0 Å². The molecular weight excluding hydrogens is 244 g/mol. The monoisotopic (exact) mass is 267 g/mol. The van der Waals surface area contributed by atoms with Crippen LogP contribution in [0.5, 0.6) is 0 Å². The van der Waals surface area contributed by atoms with Gasteiger partial charge in [0, 0.05) is 12.6 Å². The highest BCUT2D eigenvalue weighted by Crippen LogP contribution is 2.30. The van der Waals surface area contributed by atoms with Gasteiger partial charge in [-0.1, -0.05) is 32.8 Å². The molecule has 1 N–H and O–H groups in total. The lowest BCUT2D eigenvalue weighted by molar-refractivity contribution is 0.230. The van der Waals surface area contributed by atoms with Gasteiger partial charge in [0.25, 0.3) is 0 Å². The van der Waals surface area contributed by atoms with E-state index in [2.05, 4.69) is 19.2 Å². The van der Waals surface area contributed by atoms with Gasteiger partial charge in [0.05, 0.1) is 0 Å². The summed E-state index contributed by atoms with van der Waals surface area (Å²) in [5.74, 6) is -0.0200. The first-order chi connectivity index (χ1) is 9.06. The first kappa shape index (κ1) is 14.4. The molecule has 0 aromatic heterocycles. The summed E-state index contributed by atoms with van der Waals surface area (Å²) in [5, 5.41) is 3.48. The predicted molar refractivity (Wildman–Crippen MR) is 73.8 cm³/mol. The second-order valence-electron chi connectivity index (χ2n) is 6.00. The Bertz CT molecular complexity index is 417. The van der Waals surface area contributed by atoms with E-state index in [0.29, 0.717) is 12.6 Å². The molecule has 0 radical (unpaired) electrons.